The predicted molar refractivity (Wildman–Crippen MR) is 101 cm³/mol. The van der Waals surface area contributed by atoms with Gasteiger partial charge in [-0.05, 0) is 32.3 Å². The molecule has 1 aliphatic heterocycles. The van der Waals surface area contributed by atoms with Gasteiger partial charge in [0.2, 0.25) is 11.8 Å². The number of amides is 1. The third-order valence-corrected chi connectivity index (χ3v) is 4.83. The Balaban J connectivity index is 1.60. The van der Waals surface area contributed by atoms with Crippen molar-refractivity contribution in [1.82, 2.24) is 20.1 Å². The Morgan fingerprint density at radius 3 is 2.86 bits per heavy atom. The number of aromatic nitrogens is 1. The summed E-state index contributed by atoms with van der Waals surface area (Å²) in [5.74, 6) is -1.63. The molecule has 1 unspecified atom stereocenters. The van der Waals surface area contributed by atoms with E-state index in [0.717, 1.165) is 31.8 Å². The number of hydrogen-bond donors (Lipinski definition) is 1. The van der Waals surface area contributed by atoms with Crippen LogP contribution in [0.15, 0.2) is 36.5 Å². The van der Waals surface area contributed by atoms with Gasteiger partial charge in [0, 0.05) is 56.5 Å². The van der Waals surface area contributed by atoms with E-state index < -0.39 is 11.6 Å². The number of rotatable bonds is 6. The van der Waals surface area contributed by atoms with Crippen LogP contribution >= 0.6 is 0 Å². The second-order valence-corrected chi connectivity index (χ2v) is 7.02. The maximum Gasteiger partial charge on any atom is 0.224 e. The summed E-state index contributed by atoms with van der Waals surface area (Å²) in [4.78, 5) is 20.9. The van der Waals surface area contributed by atoms with Crippen molar-refractivity contribution in [3.63, 3.8) is 0 Å². The quantitative estimate of drug-likeness (QED) is 0.821. The molecule has 0 aliphatic carbocycles. The lowest BCUT2D eigenvalue weighted by molar-refractivity contribution is -0.122. The molecule has 150 valence electrons. The van der Waals surface area contributed by atoms with Crippen molar-refractivity contribution in [2.24, 2.45) is 0 Å². The highest BCUT2D eigenvalue weighted by molar-refractivity contribution is 5.76. The molecule has 0 saturated carbocycles. The van der Waals surface area contributed by atoms with Crippen molar-refractivity contribution in [3.8, 4) is 11.6 Å². The number of carbonyl (C=O) groups is 1. The van der Waals surface area contributed by atoms with E-state index in [9.17, 15) is 13.6 Å². The number of benzene rings is 1. The highest BCUT2D eigenvalue weighted by Gasteiger charge is 2.24. The second-order valence-electron chi connectivity index (χ2n) is 7.02. The minimum Gasteiger partial charge on any atom is -0.439 e. The molecule has 2 aromatic rings. The first kappa shape index (κ1) is 20.2. The number of nitrogens with one attached hydrogen (secondary N) is 1. The van der Waals surface area contributed by atoms with Crippen molar-refractivity contribution < 1.29 is 18.3 Å². The average molecular weight is 390 g/mol. The number of likely N-dealkylation sites (N-methyl/N-ethyl adjacent to an activating group) is 2. The van der Waals surface area contributed by atoms with Crippen molar-refractivity contribution in [2.45, 2.75) is 19.0 Å². The van der Waals surface area contributed by atoms with E-state index in [0.29, 0.717) is 12.0 Å². The first-order valence-corrected chi connectivity index (χ1v) is 9.14. The Bertz CT molecular complexity index is 834. The minimum absolute atomic E-state index is 0.0604. The summed E-state index contributed by atoms with van der Waals surface area (Å²) in [7, 11) is 4.08. The number of nitrogens with zero attached hydrogens (tertiary/aromatic N) is 3. The maximum atomic E-state index is 13.4. The van der Waals surface area contributed by atoms with Gasteiger partial charge in [0.05, 0.1) is 0 Å². The Morgan fingerprint density at radius 1 is 1.25 bits per heavy atom. The van der Waals surface area contributed by atoms with Gasteiger partial charge in [-0.1, -0.05) is 6.07 Å². The molecule has 0 bridgehead atoms. The smallest absolute Gasteiger partial charge is 0.224 e. The molecule has 1 saturated heterocycles. The van der Waals surface area contributed by atoms with Crippen LogP contribution in [-0.4, -0.2) is 60.5 Å². The molecule has 1 aromatic carbocycles. The standard InChI is InChI=1S/C20H24F2N4O2/c1-25-8-9-26(2)15(13-25)10-19(27)24-12-14-4-3-7-23-20(14)28-16-5-6-17(21)18(22)11-16/h3-7,11,15H,8-10,12-13H2,1-2H3,(H,24,27). The van der Waals surface area contributed by atoms with Gasteiger partial charge in [-0.2, -0.15) is 0 Å². The predicted octanol–water partition coefficient (Wildman–Crippen LogP) is 2.40. The second kappa shape index (κ2) is 9.07. The molecule has 1 aliphatic rings. The number of hydrogen-bond acceptors (Lipinski definition) is 5. The van der Waals surface area contributed by atoms with Gasteiger partial charge in [0.15, 0.2) is 11.6 Å². The number of ether oxygens (including phenoxy) is 1. The van der Waals surface area contributed by atoms with E-state index in [-0.39, 0.29) is 30.1 Å². The zero-order valence-corrected chi connectivity index (χ0v) is 16.0. The molecule has 1 amide bonds. The summed E-state index contributed by atoms with van der Waals surface area (Å²) >= 11 is 0. The minimum atomic E-state index is -0.996. The van der Waals surface area contributed by atoms with Crippen LogP contribution in [-0.2, 0) is 11.3 Å². The highest BCUT2D eigenvalue weighted by Crippen LogP contribution is 2.24. The van der Waals surface area contributed by atoms with E-state index in [2.05, 4.69) is 27.1 Å². The van der Waals surface area contributed by atoms with Crippen LogP contribution in [0.2, 0.25) is 0 Å². The molecule has 28 heavy (non-hydrogen) atoms. The maximum absolute atomic E-state index is 13.4. The molecule has 1 fully saturated rings. The van der Waals surface area contributed by atoms with Crippen LogP contribution < -0.4 is 10.1 Å². The lowest BCUT2D eigenvalue weighted by Crippen LogP contribution is -2.51. The van der Waals surface area contributed by atoms with E-state index >= 15 is 0 Å². The van der Waals surface area contributed by atoms with Gasteiger partial charge < -0.3 is 19.9 Å². The van der Waals surface area contributed by atoms with Gasteiger partial charge in [-0.25, -0.2) is 13.8 Å². The molecule has 2 heterocycles. The summed E-state index contributed by atoms with van der Waals surface area (Å²) in [5.41, 5.74) is 0.648. The number of carbonyl (C=O) groups excluding carboxylic acids is 1. The normalized spacial score (nSPS) is 18.1. The zero-order valence-electron chi connectivity index (χ0n) is 16.0. The number of piperazine rings is 1. The third kappa shape index (κ3) is 5.24. The molecule has 6 nitrogen and oxygen atoms in total. The average Bonchev–Trinajstić information content (AvgIpc) is 2.67. The van der Waals surface area contributed by atoms with Crippen LogP contribution in [0.25, 0.3) is 0 Å². The summed E-state index contributed by atoms with van der Waals surface area (Å²) in [5, 5.41) is 2.89. The molecular weight excluding hydrogens is 366 g/mol. The number of pyridine rings is 1. The van der Waals surface area contributed by atoms with E-state index in [1.807, 2.05) is 7.05 Å². The van der Waals surface area contributed by atoms with Crippen LogP contribution in [0, 0.1) is 11.6 Å². The zero-order chi connectivity index (χ0) is 20.1. The first-order valence-electron chi connectivity index (χ1n) is 9.14. The van der Waals surface area contributed by atoms with Crippen molar-refractivity contribution in [2.75, 3.05) is 33.7 Å². The molecule has 1 aromatic heterocycles. The van der Waals surface area contributed by atoms with Crippen LogP contribution in [0.1, 0.15) is 12.0 Å². The van der Waals surface area contributed by atoms with E-state index in [4.69, 9.17) is 4.74 Å². The molecule has 1 atom stereocenters. The monoisotopic (exact) mass is 390 g/mol. The van der Waals surface area contributed by atoms with Gasteiger partial charge in [0.1, 0.15) is 5.75 Å². The fourth-order valence-corrected chi connectivity index (χ4v) is 3.10. The topological polar surface area (TPSA) is 57.7 Å². The van der Waals surface area contributed by atoms with Crippen molar-refractivity contribution in [3.05, 3.63) is 53.7 Å². The Morgan fingerprint density at radius 2 is 2.07 bits per heavy atom. The molecule has 0 spiro atoms. The fourth-order valence-electron chi connectivity index (χ4n) is 3.10. The SMILES string of the molecule is CN1CCN(C)C(CC(=O)NCc2cccnc2Oc2ccc(F)c(F)c2)C1. The van der Waals surface area contributed by atoms with Gasteiger partial charge in [-0.3, -0.25) is 4.79 Å². The van der Waals surface area contributed by atoms with Gasteiger partial charge in [-0.15, -0.1) is 0 Å². The third-order valence-electron chi connectivity index (χ3n) is 4.83. The van der Waals surface area contributed by atoms with E-state index in [1.165, 1.54) is 12.3 Å². The van der Waals surface area contributed by atoms with E-state index in [1.54, 1.807) is 12.1 Å². The van der Waals surface area contributed by atoms with Gasteiger partial charge >= 0.3 is 0 Å². The molecule has 1 N–H and O–H groups in total. The Labute approximate surface area is 163 Å². The summed E-state index contributed by atoms with van der Waals surface area (Å²) < 4.78 is 32.0. The van der Waals surface area contributed by atoms with Crippen LogP contribution in [0.5, 0.6) is 11.6 Å². The largest absolute Gasteiger partial charge is 0.439 e. The first-order chi connectivity index (χ1) is 13.4. The van der Waals surface area contributed by atoms with Crippen molar-refractivity contribution >= 4 is 5.91 Å². The van der Waals surface area contributed by atoms with Crippen LogP contribution in [0.4, 0.5) is 8.78 Å². The van der Waals surface area contributed by atoms with Crippen LogP contribution in [0.3, 0.4) is 0 Å². The summed E-state index contributed by atoms with van der Waals surface area (Å²) in [6, 6.07) is 6.94. The number of halogens is 2. The lowest BCUT2D eigenvalue weighted by Gasteiger charge is -2.37. The molecule has 8 heteroatoms. The van der Waals surface area contributed by atoms with Gasteiger partial charge in [0.25, 0.3) is 0 Å². The Hall–Kier alpha value is -2.58. The van der Waals surface area contributed by atoms with Crippen molar-refractivity contribution in [1.29, 1.82) is 0 Å². The fraction of sp³-hybridized carbons (Fsp3) is 0.400. The molecule has 0 radical (unpaired) electrons. The molecular formula is C20H24F2N4O2. The Kier molecular flexibility index (Phi) is 6.53. The summed E-state index contributed by atoms with van der Waals surface area (Å²) in [6.45, 7) is 3.01. The highest BCUT2D eigenvalue weighted by atomic mass is 19.2. The molecule has 3 rings (SSSR count). The summed E-state index contributed by atoms with van der Waals surface area (Å²) in [6.07, 6.45) is 1.94. The lowest BCUT2D eigenvalue weighted by atomic mass is 10.1.